The molecule has 3 saturated carbocycles. The van der Waals surface area contributed by atoms with Gasteiger partial charge in [0.25, 0.3) is 0 Å². The molecule has 2 heteroatoms. The van der Waals surface area contributed by atoms with Crippen LogP contribution in [0, 0.1) is 23.2 Å². The molecule has 2 bridgehead atoms. The quantitative estimate of drug-likeness (QED) is 0.781. The Labute approximate surface area is 98.9 Å². The lowest BCUT2D eigenvalue weighted by molar-refractivity contribution is 0.0196. The first-order valence-corrected chi connectivity index (χ1v) is 7.01. The van der Waals surface area contributed by atoms with Gasteiger partial charge in [-0.3, -0.25) is 0 Å². The summed E-state index contributed by atoms with van der Waals surface area (Å²) in [5, 5.41) is 0. The number of hydrogen-bond acceptors (Lipinski definition) is 2. The first kappa shape index (κ1) is 11.0. The third-order valence-electron chi connectivity index (χ3n) is 5.78. The average Bonchev–Trinajstić information content (AvgIpc) is 2.84. The maximum absolute atomic E-state index is 6.55. The molecule has 0 aromatic heterocycles. The van der Waals surface area contributed by atoms with Crippen molar-refractivity contribution in [2.45, 2.75) is 51.0 Å². The van der Waals surface area contributed by atoms with E-state index in [1.165, 1.54) is 44.9 Å². The van der Waals surface area contributed by atoms with Gasteiger partial charge in [-0.05, 0) is 61.7 Å². The lowest BCUT2D eigenvalue weighted by atomic mass is 9.60. The molecule has 0 heterocycles. The first-order valence-electron chi connectivity index (χ1n) is 7.01. The van der Waals surface area contributed by atoms with Crippen molar-refractivity contribution >= 4 is 0 Å². The highest BCUT2D eigenvalue weighted by molar-refractivity contribution is 5.10. The first-order chi connectivity index (χ1) is 7.76. The molecule has 3 rings (SSSR count). The van der Waals surface area contributed by atoms with Crippen LogP contribution in [0.15, 0.2) is 0 Å². The van der Waals surface area contributed by atoms with Gasteiger partial charge < -0.3 is 10.5 Å². The van der Waals surface area contributed by atoms with Gasteiger partial charge in [-0.1, -0.05) is 6.42 Å². The Bertz CT molecular complexity index is 261. The molecular weight excluding hydrogens is 198 g/mol. The Hall–Kier alpha value is -0.0800. The molecule has 0 aliphatic heterocycles. The molecule has 0 saturated heterocycles. The number of rotatable bonds is 2. The number of nitrogens with two attached hydrogens (primary N) is 1. The summed E-state index contributed by atoms with van der Waals surface area (Å²) in [6.07, 6.45) is 9.78. The lowest BCUT2D eigenvalue weighted by Crippen LogP contribution is -2.49. The highest BCUT2D eigenvalue weighted by Gasteiger charge is 2.57. The fourth-order valence-corrected chi connectivity index (χ4v) is 5.12. The zero-order valence-electron chi connectivity index (χ0n) is 10.5. The molecule has 1 spiro atoms. The summed E-state index contributed by atoms with van der Waals surface area (Å²) in [5.74, 6) is 2.59. The molecule has 2 nitrogen and oxygen atoms in total. The average molecular weight is 223 g/mol. The molecule has 0 aromatic rings. The van der Waals surface area contributed by atoms with Crippen molar-refractivity contribution in [2.75, 3.05) is 13.7 Å². The molecule has 92 valence electrons. The molecular formula is C14H25NO. The van der Waals surface area contributed by atoms with Gasteiger partial charge in [-0.2, -0.15) is 0 Å². The smallest absolute Gasteiger partial charge is 0.0490 e. The van der Waals surface area contributed by atoms with E-state index in [-0.39, 0.29) is 0 Å². The van der Waals surface area contributed by atoms with E-state index in [0.29, 0.717) is 11.5 Å². The van der Waals surface area contributed by atoms with Crippen molar-refractivity contribution in [3.05, 3.63) is 0 Å². The van der Waals surface area contributed by atoms with E-state index >= 15 is 0 Å². The minimum atomic E-state index is 0.505. The fraction of sp³-hybridized carbons (Fsp3) is 1.00. The summed E-state index contributed by atoms with van der Waals surface area (Å²) in [7, 11) is 1.84. The van der Waals surface area contributed by atoms with E-state index in [0.717, 1.165) is 24.4 Å². The number of fused-ring (bicyclic) bond motifs is 3. The van der Waals surface area contributed by atoms with Crippen LogP contribution in [0.2, 0.25) is 0 Å². The maximum atomic E-state index is 6.55. The summed E-state index contributed by atoms with van der Waals surface area (Å²) >= 11 is 0. The highest BCUT2D eigenvalue weighted by atomic mass is 16.5. The van der Waals surface area contributed by atoms with E-state index in [4.69, 9.17) is 10.5 Å². The second kappa shape index (κ2) is 3.99. The normalized spacial score (nSPS) is 51.4. The van der Waals surface area contributed by atoms with Gasteiger partial charge in [0.05, 0.1) is 0 Å². The minimum Gasteiger partial charge on any atom is -0.384 e. The third-order valence-corrected chi connectivity index (χ3v) is 5.78. The van der Waals surface area contributed by atoms with Crippen LogP contribution >= 0.6 is 0 Å². The molecule has 0 unspecified atom stereocenters. The summed E-state index contributed by atoms with van der Waals surface area (Å²) in [6.45, 7) is 0.950. The van der Waals surface area contributed by atoms with Gasteiger partial charge >= 0.3 is 0 Å². The van der Waals surface area contributed by atoms with E-state index in [2.05, 4.69) is 0 Å². The summed E-state index contributed by atoms with van der Waals surface area (Å²) in [6, 6.07) is 0.505. The van der Waals surface area contributed by atoms with Crippen LogP contribution in [-0.2, 0) is 4.74 Å². The van der Waals surface area contributed by atoms with Crippen LogP contribution in [0.25, 0.3) is 0 Å². The van der Waals surface area contributed by atoms with Gasteiger partial charge in [0, 0.05) is 19.8 Å². The Kier molecular flexibility index (Phi) is 2.75. The van der Waals surface area contributed by atoms with Crippen LogP contribution in [0.4, 0.5) is 0 Å². The van der Waals surface area contributed by atoms with E-state index in [1.54, 1.807) is 0 Å². The molecule has 2 N–H and O–H groups in total. The van der Waals surface area contributed by atoms with Crippen LogP contribution < -0.4 is 5.73 Å². The zero-order valence-corrected chi connectivity index (χ0v) is 10.5. The molecule has 5 atom stereocenters. The lowest BCUT2D eigenvalue weighted by Gasteiger charge is -2.47. The number of methoxy groups -OCH3 is 1. The van der Waals surface area contributed by atoms with Crippen LogP contribution in [0.1, 0.15) is 44.9 Å². The van der Waals surface area contributed by atoms with Gasteiger partial charge in [0.15, 0.2) is 0 Å². The topological polar surface area (TPSA) is 35.2 Å². The van der Waals surface area contributed by atoms with E-state index in [9.17, 15) is 0 Å². The molecule has 0 radical (unpaired) electrons. The number of hydrogen-bond donors (Lipinski definition) is 1. The second-order valence-electron chi connectivity index (χ2n) is 6.45. The molecule has 3 fully saturated rings. The van der Waals surface area contributed by atoms with Gasteiger partial charge in [0.2, 0.25) is 0 Å². The molecule has 0 amide bonds. The van der Waals surface area contributed by atoms with Crippen LogP contribution in [0.5, 0.6) is 0 Å². The van der Waals surface area contributed by atoms with Crippen LogP contribution in [-0.4, -0.2) is 19.8 Å². The minimum absolute atomic E-state index is 0.505. The summed E-state index contributed by atoms with van der Waals surface area (Å²) in [4.78, 5) is 0. The van der Waals surface area contributed by atoms with Crippen molar-refractivity contribution in [3.8, 4) is 0 Å². The molecule has 16 heavy (non-hydrogen) atoms. The predicted octanol–water partition coefficient (Wildman–Crippen LogP) is 2.57. The van der Waals surface area contributed by atoms with Crippen LogP contribution in [0.3, 0.4) is 0 Å². The SMILES string of the molecule is COC[C@@H]1CCC[C@@]2(C1)[C@H]1CC[C@H](C1)[C@@H]2N. The Balaban J connectivity index is 1.77. The van der Waals surface area contributed by atoms with Crippen molar-refractivity contribution in [2.24, 2.45) is 28.9 Å². The van der Waals surface area contributed by atoms with E-state index < -0.39 is 0 Å². The second-order valence-corrected chi connectivity index (χ2v) is 6.45. The van der Waals surface area contributed by atoms with Crippen molar-refractivity contribution < 1.29 is 4.74 Å². The molecule has 3 aliphatic rings. The Morgan fingerprint density at radius 1 is 1.31 bits per heavy atom. The van der Waals surface area contributed by atoms with Crippen molar-refractivity contribution in [3.63, 3.8) is 0 Å². The van der Waals surface area contributed by atoms with Crippen molar-refractivity contribution in [1.29, 1.82) is 0 Å². The fourth-order valence-electron chi connectivity index (χ4n) is 5.12. The van der Waals surface area contributed by atoms with Gasteiger partial charge in [0.1, 0.15) is 0 Å². The Morgan fingerprint density at radius 3 is 2.88 bits per heavy atom. The third kappa shape index (κ3) is 1.46. The largest absolute Gasteiger partial charge is 0.384 e. The predicted molar refractivity (Wildman–Crippen MR) is 65.1 cm³/mol. The van der Waals surface area contributed by atoms with Gasteiger partial charge in [-0.25, -0.2) is 0 Å². The maximum Gasteiger partial charge on any atom is 0.0490 e. The summed E-state index contributed by atoms with van der Waals surface area (Å²) in [5.41, 5.74) is 7.07. The molecule has 3 aliphatic carbocycles. The highest BCUT2D eigenvalue weighted by Crippen LogP contribution is 2.61. The van der Waals surface area contributed by atoms with E-state index in [1.807, 2.05) is 7.11 Å². The standard InChI is InChI=1S/C14H25NO/c1-16-9-10-3-2-6-14(8-10)12-5-4-11(7-12)13(14)15/h10-13H,2-9,15H2,1H3/t10-,11-,12+,13+,14-/m1/s1. The molecule has 0 aromatic carbocycles. The van der Waals surface area contributed by atoms with Gasteiger partial charge in [-0.15, -0.1) is 0 Å². The van der Waals surface area contributed by atoms with Crippen molar-refractivity contribution in [1.82, 2.24) is 0 Å². The Morgan fingerprint density at radius 2 is 2.19 bits per heavy atom. The monoisotopic (exact) mass is 223 g/mol. The number of ether oxygens (including phenoxy) is 1. The zero-order chi connectivity index (χ0) is 11.2. The summed E-state index contributed by atoms with van der Waals surface area (Å²) < 4.78 is 5.36.